The van der Waals surface area contributed by atoms with Gasteiger partial charge in [-0.1, -0.05) is 34.8 Å². The summed E-state index contributed by atoms with van der Waals surface area (Å²) >= 11 is 25.9. The van der Waals surface area contributed by atoms with Crippen LogP contribution in [0.5, 0.6) is 0 Å². The lowest BCUT2D eigenvalue weighted by atomic mass is 10.2. The topological polar surface area (TPSA) is 29.1 Å². The Morgan fingerprint density at radius 1 is 1.11 bits per heavy atom. The molecule has 1 amide bonds. The largest absolute Gasteiger partial charge is 0.319 e. The Morgan fingerprint density at radius 3 is 2.16 bits per heavy atom. The molecule has 0 saturated carbocycles. The lowest BCUT2D eigenvalue weighted by Crippen LogP contribution is -2.12. The van der Waals surface area contributed by atoms with E-state index in [1.54, 1.807) is 6.07 Å². The second-order valence-electron chi connectivity index (χ2n) is 3.44. The number of thiophene rings is 1. The summed E-state index contributed by atoms with van der Waals surface area (Å²) in [6, 6.07) is 4.74. The number of anilines is 1. The summed E-state index contributed by atoms with van der Waals surface area (Å²) in [5.41, 5.74) is 0.839. The van der Waals surface area contributed by atoms with Crippen molar-refractivity contribution in [3.05, 3.63) is 46.4 Å². The molecule has 2 rings (SSSR count). The Bertz CT molecular complexity index is 636. The molecule has 1 aromatic heterocycles. The van der Waals surface area contributed by atoms with E-state index >= 15 is 0 Å². The first-order chi connectivity index (χ1) is 8.88. The minimum absolute atomic E-state index is 0.288. The molecule has 0 atom stereocenters. The van der Waals surface area contributed by atoms with Gasteiger partial charge in [0.05, 0.1) is 28.9 Å². The van der Waals surface area contributed by atoms with Crippen LogP contribution in [0.1, 0.15) is 10.4 Å². The molecule has 0 aliphatic heterocycles. The zero-order chi connectivity index (χ0) is 14.2. The van der Waals surface area contributed by atoms with Gasteiger partial charge < -0.3 is 5.32 Å². The molecule has 0 radical (unpaired) electrons. The summed E-state index contributed by atoms with van der Waals surface area (Å²) in [6.45, 7) is 0. The summed E-state index contributed by atoms with van der Waals surface area (Å²) in [5.74, 6) is -0.306. The molecule has 1 aromatic carbocycles. The van der Waals surface area contributed by atoms with Gasteiger partial charge in [0, 0.05) is 5.02 Å². The molecule has 100 valence electrons. The molecule has 0 fully saturated rings. The van der Waals surface area contributed by atoms with Crippen LogP contribution in [-0.2, 0) is 0 Å². The van der Waals surface area contributed by atoms with Crippen molar-refractivity contribution in [2.24, 2.45) is 0 Å². The zero-order valence-electron chi connectivity index (χ0n) is 8.94. The molecule has 1 heterocycles. The van der Waals surface area contributed by atoms with Crippen LogP contribution in [-0.4, -0.2) is 5.91 Å². The molecular formula is C11H4Br2Cl3NOS. The highest BCUT2D eigenvalue weighted by atomic mass is 79.9. The smallest absolute Gasteiger partial charge is 0.257 e. The first-order valence-corrected chi connectivity index (χ1v) is 8.33. The van der Waals surface area contributed by atoms with Crippen LogP contribution in [0.3, 0.4) is 0 Å². The summed E-state index contributed by atoms with van der Waals surface area (Å²) in [7, 11) is 0. The van der Waals surface area contributed by atoms with Gasteiger partial charge >= 0.3 is 0 Å². The van der Waals surface area contributed by atoms with Crippen LogP contribution in [0.25, 0.3) is 0 Å². The monoisotopic (exact) mass is 461 g/mol. The molecule has 0 aliphatic carbocycles. The Kier molecular flexibility index (Phi) is 5.20. The molecule has 0 aliphatic rings. The molecule has 0 unspecified atom stereocenters. The fourth-order valence-electron chi connectivity index (χ4n) is 1.34. The molecular weight excluding hydrogens is 460 g/mol. The van der Waals surface area contributed by atoms with E-state index < -0.39 is 0 Å². The van der Waals surface area contributed by atoms with Gasteiger partial charge in [0.1, 0.15) is 0 Å². The van der Waals surface area contributed by atoms with E-state index in [0.717, 1.165) is 7.57 Å². The maximum atomic E-state index is 12.1. The van der Waals surface area contributed by atoms with Gasteiger partial charge in [-0.25, -0.2) is 0 Å². The molecule has 0 bridgehead atoms. The lowest BCUT2D eigenvalue weighted by molar-refractivity contribution is 0.102. The van der Waals surface area contributed by atoms with Gasteiger partial charge in [0.15, 0.2) is 0 Å². The van der Waals surface area contributed by atoms with E-state index in [-0.39, 0.29) is 16.0 Å². The lowest BCUT2D eigenvalue weighted by Gasteiger charge is -2.09. The molecule has 8 heteroatoms. The Morgan fingerprint density at radius 2 is 1.68 bits per heavy atom. The number of carbonyl (C=O) groups excluding carboxylic acids is 1. The van der Waals surface area contributed by atoms with Gasteiger partial charge in [-0.05, 0) is 50.1 Å². The maximum Gasteiger partial charge on any atom is 0.257 e. The van der Waals surface area contributed by atoms with Gasteiger partial charge in [-0.15, -0.1) is 11.3 Å². The highest BCUT2D eigenvalue weighted by Gasteiger charge is 2.17. The van der Waals surface area contributed by atoms with Gasteiger partial charge in [-0.3, -0.25) is 4.79 Å². The van der Waals surface area contributed by atoms with E-state index in [4.69, 9.17) is 34.8 Å². The third-order valence-corrected chi connectivity index (χ3v) is 5.30. The Balaban J connectivity index is 2.32. The van der Waals surface area contributed by atoms with Gasteiger partial charge in [0.25, 0.3) is 5.91 Å². The van der Waals surface area contributed by atoms with E-state index in [1.807, 2.05) is 0 Å². The normalized spacial score (nSPS) is 10.6. The average molecular weight is 464 g/mol. The van der Waals surface area contributed by atoms with E-state index in [0.29, 0.717) is 16.3 Å². The number of amides is 1. The molecule has 2 aromatic rings. The number of hydrogen-bond acceptors (Lipinski definition) is 2. The minimum atomic E-state index is -0.306. The number of hydrogen-bond donors (Lipinski definition) is 1. The SMILES string of the molecule is O=C(Nc1c(Cl)cc(Cl)cc1Cl)c1cc(Br)sc1Br. The quantitative estimate of drug-likeness (QED) is 0.541. The van der Waals surface area contributed by atoms with Gasteiger partial charge in [0.2, 0.25) is 0 Å². The molecule has 0 saturated heterocycles. The number of nitrogens with one attached hydrogen (secondary N) is 1. The van der Waals surface area contributed by atoms with E-state index in [2.05, 4.69) is 37.2 Å². The highest BCUT2D eigenvalue weighted by Crippen LogP contribution is 2.36. The van der Waals surface area contributed by atoms with Crippen molar-refractivity contribution < 1.29 is 4.79 Å². The molecule has 2 nitrogen and oxygen atoms in total. The predicted octanol–water partition coefficient (Wildman–Crippen LogP) is 6.49. The molecule has 19 heavy (non-hydrogen) atoms. The van der Waals surface area contributed by atoms with Crippen LogP contribution in [0.15, 0.2) is 25.8 Å². The average Bonchev–Trinajstić information content (AvgIpc) is 2.62. The third kappa shape index (κ3) is 3.65. The molecule has 0 spiro atoms. The Hall–Kier alpha value is 0.220. The number of carbonyl (C=O) groups is 1. The van der Waals surface area contributed by atoms with Crippen LogP contribution in [0, 0.1) is 0 Å². The highest BCUT2D eigenvalue weighted by molar-refractivity contribution is 9.12. The summed E-state index contributed by atoms with van der Waals surface area (Å²) in [5, 5.41) is 3.66. The van der Waals surface area contributed by atoms with Crippen molar-refractivity contribution in [3.8, 4) is 0 Å². The third-order valence-electron chi connectivity index (χ3n) is 2.15. The van der Waals surface area contributed by atoms with Crippen LogP contribution in [0.4, 0.5) is 5.69 Å². The van der Waals surface area contributed by atoms with Crippen LogP contribution < -0.4 is 5.32 Å². The van der Waals surface area contributed by atoms with E-state index in [1.165, 1.54) is 23.5 Å². The summed E-state index contributed by atoms with van der Waals surface area (Å²) in [4.78, 5) is 12.1. The van der Waals surface area contributed by atoms with Crippen molar-refractivity contribution >= 4 is 89.6 Å². The fraction of sp³-hybridized carbons (Fsp3) is 0. The van der Waals surface area contributed by atoms with Gasteiger partial charge in [-0.2, -0.15) is 0 Å². The standard InChI is InChI=1S/C11H4Br2Cl3NOS/c12-8-3-5(10(13)19-8)11(18)17-9-6(15)1-4(14)2-7(9)16/h1-3H,(H,17,18). The van der Waals surface area contributed by atoms with Crippen molar-refractivity contribution in [3.63, 3.8) is 0 Å². The molecule has 1 N–H and O–H groups in total. The Labute approximate surface area is 145 Å². The van der Waals surface area contributed by atoms with Crippen molar-refractivity contribution in [1.82, 2.24) is 0 Å². The maximum absolute atomic E-state index is 12.1. The van der Waals surface area contributed by atoms with Crippen LogP contribution in [0.2, 0.25) is 15.1 Å². The van der Waals surface area contributed by atoms with Crippen molar-refractivity contribution in [2.75, 3.05) is 5.32 Å². The summed E-state index contributed by atoms with van der Waals surface area (Å²) < 4.78 is 1.57. The first-order valence-electron chi connectivity index (χ1n) is 4.79. The van der Waals surface area contributed by atoms with Crippen molar-refractivity contribution in [1.29, 1.82) is 0 Å². The minimum Gasteiger partial charge on any atom is -0.319 e. The van der Waals surface area contributed by atoms with Crippen LogP contribution >= 0.6 is 78.0 Å². The number of halogens is 5. The predicted molar refractivity (Wildman–Crippen MR) is 89.1 cm³/mol. The first kappa shape index (κ1) is 15.6. The summed E-state index contributed by atoms with van der Waals surface area (Å²) in [6.07, 6.45) is 0. The zero-order valence-corrected chi connectivity index (χ0v) is 15.2. The van der Waals surface area contributed by atoms with Crippen molar-refractivity contribution in [2.45, 2.75) is 0 Å². The second-order valence-corrected chi connectivity index (χ2v) is 8.44. The van der Waals surface area contributed by atoms with E-state index in [9.17, 15) is 4.79 Å². The fourth-order valence-corrected chi connectivity index (χ4v) is 5.04. The second kappa shape index (κ2) is 6.33. The number of benzene rings is 1. The number of rotatable bonds is 2.